The Morgan fingerprint density at radius 1 is 0.849 bits per heavy atom. The summed E-state index contributed by atoms with van der Waals surface area (Å²) in [7, 11) is 2.97. The number of methoxy groups -OCH3 is 2. The van der Waals surface area contributed by atoms with Crippen molar-refractivity contribution in [1.29, 1.82) is 0 Å². The fourth-order valence-electron chi connectivity index (χ4n) is 8.94. The summed E-state index contributed by atoms with van der Waals surface area (Å²) in [4.78, 5) is 60.1. The monoisotopic (exact) mass is 815 g/mol. The Labute approximate surface area is 323 Å². The van der Waals surface area contributed by atoms with Gasteiger partial charge in [0.25, 0.3) is 11.8 Å². The summed E-state index contributed by atoms with van der Waals surface area (Å²) >= 11 is 16.1. The number of phenols is 1. The Bertz CT molecular complexity index is 2230. The minimum Gasteiger partial charge on any atom is -0.504 e. The van der Waals surface area contributed by atoms with Crippen LogP contribution in [0.25, 0.3) is 0 Å². The maximum atomic E-state index is 15.4. The molecule has 4 aromatic carbocycles. The highest BCUT2D eigenvalue weighted by atomic mass is 79.9. The van der Waals surface area contributed by atoms with Gasteiger partial charge in [-0.3, -0.25) is 29.5 Å². The predicted molar refractivity (Wildman–Crippen MR) is 202 cm³/mol. The van der Waals surface area contributed by atoms with Gasteiger partial charge in [0, 0.05) is 15.4 Å². The van der Waals surface area contributed by atoms with Crippen molar-refractivity contribution in [1.82, 2.24) is 5.01 Å². The van der Waals surface area contributed by atoms with Crippen LogP contribution in [0.15, 0.2) is 101 Å². The van der Waals surface area contributed by atoms with Gasteiger partial charge >= 0.3 is 0 Å². The summed E-state index contributed by atoms with van der Waals surface area (Å²) in [5.41, 5.74) is 4.10. The molecule has 4 aliphatic rings. The Morgan fingerprint density at radius 2 is 1.58 bits per heavy atom. The van der Waals surface area contributed by atoms with Gasteiger partial charge in [-0.05, 0) is 96.6 Å². The zero-order chi connectivity index (χ0) is 37.3. The highest BCUT2D eigenvalue weighted by molar-refractivity contribution is 9.10. The molecule has 0 aromatic heterocycles. The molecule has 13 heteroatoms. The van der Waals surface area contributed by atoms with Gasteiger partial charge < -0.3 is 14.6 Å². The van der Waals surface area contributed by atoms with Crippen molar-refractivity contribution in [3.05, 3.63) is 122 Å². The van der Waals surface area contributed by atoms with Crippen molar-refractivity contribution in [2.24, 2.45) is 23.7 Å². The normalized spacial score (nSPS) is 26.2. The lowest BCUT2D eigenvalue weighted by molar-refractivity contribution is -0.138. The molecular weight excluding hydrogens is 785 g/mol. The van der Waals surface area contributed by atoms with Crippen molar-refractivity contribution >= 4 is 74.1 Å². The van der Waals surface area contributed by atoms with Gasteiger partial charge in [-0.25, -0.2) is 0 Å². The number of imide groups is 2. The summed E-state index contributed by atoms with van der Waals surface area (Å²) in [6.07, 6.45) is 2.33. The number of hydrogen-bond acceptors (Lipinski definition) is 8. The third-order valence-electron chi connectivity index (χ3n) is 11.2. The number of benzene rings is 4. The van der Waals surface area contributed by atoms with Crippen LogP contribution in [0.2, 0.25) is 10.0 Å². The number of halogens is 3. The van der Waals surface area contributed by atoms with Crippen LogP contribution in [0.5, 0.6) is 17.2 Å². The molecule has 10 nitrogen and oxygen atoms in total. The van der Waals surface area contributed by atoms with E-state index in [1.807, 2.05) is 6.08 Å². The van der Waals surface area contributed by atoms with Crippen LogP contribution in [0.1, 0.15) is 29.9 Å². The number of fused-ring (bicyclic) bond motifs is 4. The smallest absolute Gasteiger partial charge is 0.260 e. The first-order valence-electron chi connectivity index (χ1n) is 16.9. The number of ether oxygens (including phenoxy) is 2. The summed E-state index contributed by atoms with van der Waals surface area (Å²) in [5, 5.41) is 12.3. The first-order valence-corrected chi connectivity index (χ1v) is 18.5. The second-order valence-corrected chi connectivity index (χ2v) is 15.4. The van der Waals surface area contributed by atoms with E-state index in [1.54, 1.807) is 79.9 Å². The largest absolute Gasteiger partial charge is 0.504 e. The van der Waals surface area contributed by atoms with Gasteiger partial charge in [0.05, 0.1) is 53.8 Å². The Hall–Kier alpha value is -4.84. The van der Waals surface area contributed by atoms with E-state index in [9.17, 15) is 19.5 Å². The molecule has 2 N–H and O–H groups in total. The van der Waals surface area contributed by atoms with Gasteiger partial charge in [0.2, 0.25) is 11.8 Å². The second kappa shape index (κ2) is 13.2. The number of aromatic hydroxyl groups is 1. The molecule has 3 fully saturated rings. The number of rotatable bonds is 7. The van der Waals surface area contributed by atoms with E-state index >= 15 is 4.79 Å². The molecule has 270 valence electrons. The topological polar surface area (TPSA) is 125 Å². The van der Waals surface area contributed by atoms with E-state index in [2.05, 4.69) is 21.4 Å². The van der Waals surface area contributed by atoms with E-state index in [-0.39, 0.29) is 41.2 Å². The second-order valence-electron chi connectivity index (χ2n) is 13.6. The maximum absolute atomic E-state index is 15.4. The summed E-state index contributed by atoms with van der Waals surface area (Å²) in [6.45, 7) is 0. The first-order chi connectivity index (χ1) is 25.5. The lowest BCUT2D eigenvalue weighted by Gasteiger charge is -2.50. The third-order valence-corrected chi connectivity index (χ3v) is 12.3. The van der Waals surface area contributed by atoms with E-state index in [4.69, 9.17) is 32.7 Å². The van der Waals surface area contributed by atoms with Crippen molar-refractivity contribution < 1.29 is 33.8 Å². The molecule has 1 saturated carbocycles. The lowest BCUT2D eigenvalue weighted by atomic mass is 9.49. The molecule has 6 atom stereocenters. The number of nitrogens with zero attached hydrogens (tertiary/aromatic N) is 2. The van der Waals surface area contributed by atoms with Gasteiger partial charge in [-0.15, -0.1) is 0 Å². The van der Waals surface area contributed by atoms with Crippen molar-refractivity contribution in [3.8, 4) is 17.2 Å². The van der Waals surface area contributed by atoms with E-state index in [0.717, 1.165) is 15.1 Å². The van der Waals surface area contributed by atoms with E-state index < -0.39 is 46.8 Å². The van der Waals surface area contributed by atoms with Crippen LogP contribution < -0.4 is 19.8 Å². The number of anilines is 2. The fraction of sp³-hybridized carbons (Fsp3) is 0.250. The molecule has 2 saturated heterocycles. The predicted octanol–water partition coefficient (Wildman–Crippen LogP) is 7.67. The number of hydrazine groups is 1. The molecule has 53 heavy (non-hydrogen) atoms. The molecule has 6 unspecified atom stereocenters. The zero-order valence-electron chi connectivity index (χ0n) is 28.4. The molecule has 0 radical (unpaired) electrons. The van der Waals surface area contributed by atoms with E-state index in [0.29, 0.717) is 33.3 Å². The van der Waals surface area contributed by atoms with Crippen LogP contribution in [-0.2, 0) is 24.6 Å². The fourth-order valence-corrected chi connectivity index (χ4v) is 9.65. The average Bonchev–Trinajstić information content (AvgIpc) is 3.54. The van der Waals surface area contributed by atoms with Crippen LogP contribution in [0.4, 0.5) is 11.4 Å². The van der Waals surface area contributed by atoms with Crippen LogP contribution in [0, 0.1) is 23.7 Å². The third kappa shape index (κ3) is 5.34. The summed E-state index contributed by atoms with van der Waals surface area (Å²) in [5.74, 6) is -4.93. The quantitative estimate of drug-likeness (QED) is 0.144. The first kappa shape index (κ1) is 35.2. The highest BCUT2D eigenvalue weighted by Gasteiger charge is 2.70. The van der Waals surface area contributed by atoms with Gasteiger partial charge in [0.1, 0.15) is 5.75 Å². The number of phenolic OH excluding ortho intramolecular Hbond substituents is 1. The van der Waals surface area contributed by atoms with Crippen molar-refractivity contribution in [2.45, 2.75) is 24.2 Å². The molecule has 0 bridgehead atoms. The summed E-state index contributed by atoms with van der Waals surface area (Å²) in [6, 6.07) is 23.6. The van der Waals surface area contributed by atoms with Crippen molar-refractivity contribution in [2.75, 3.05) is 24.5 Å². The Kier molecular flexibility index (Phi) is 8.79. The van der Waals surface area contributed by atoms with Gasteiger partial charge in [-0.1, -0.05) is 69.0 Å². The lowest BCUT2D eigenvalue weighted by Crippen LogP contribution is -2.53. The van der Waals surface area contributed by atoms with Crippen LogP contribution in [-0.4, -0.2) is 48.0 Å². The number of carbonyl (C=O) groups excluding carboxylic acids is 4. The minimum absolute atomic E-state index is 0.104. The number of hydrogen-bond donors (Lipinski definition) is 2. The molecule has 4 aromatic rings. The van der Waals surface area contributed by atoms with Crippen LogP contribution in [0.3, 0.4) is 0 Å². The molecule has 2 aliphatic heterocycles. The Balaban J connectivity index is 1.34. The number of nitrogens with one attached hydrogen (secondary N) is 1. The SMILES string of the molecule is COc1ccc(C23C(=O)N(Nc4ccc(Cl)cc4Cl)C(=O)C2CC2C(=CCC4C(=O)N(c5ccc(Br)cc5)C(=O)C42)C3c2ccc(O)c(OC)c2)cc1. The maximum Gasteiger partial charge on any atom is 0.260 e. The zero-order valence-corrected chi connectivity index (χ0v) is 31.5. The molecule has 2 aliphatic carbocycles. The molecule has 2 heterocycles. The molecule has 4 amide bonds. The minimum atomic E-state index is -1.55. The van der Waals surface area contributed by atoms with Gasteiger partial charge in [0.15, 0.2) is 11.5 Å². The van der Waals surface area contributed by atoms with E-state index in [1.165, 1.54) is 24.1 Å². The summed E-state index contributed by atoms with van der Waals surface area (Å²) < 4.78 is 11.8. The van der Waals surface area contributed by atoms with Crippen LogP contribution >= 0.6 is 39.1 Å². The number of allylic oxidation sites excluding steroid dienone is 2. The number of carbonyl (C=O) groups is 4. The molecular formula is C40H32BrCl2N3O7. The van der Waals surface area contributed by atoms with Gasteiger partial charge in [-0.2, -0.15) is 5.01 Å². The molecule has 8 rings (SSSR count). The highest BCUT2D eigenvalue weighted by Crippen LogP contribution is 2.64. The average molecular weight is 818 g/mol. The molecule has 0 spiro atoms. The number of amides is 4. The standard InChI is InChI=1S/C40H32BrCl2N3O7/c1-52-25-11-4-21(5-12-25)40-29(37(49)46(39(40)51)44-31-15-8-23(42)18-30(31)43)19-28-26(35(40)20-3-16-32(47)33(17-20)53-2)13-14-27-34(28)38(50)45(36(27)48)24-9-6-22(41)7-10-24/h3-13,15-18,27-29,34-35,44,47H,14,19H2,1-2H3. The Morgan fingerprint density at radius 3 is 2.26 bits per heavy atom. The van der Waals surface area contributed by atoms with Crippen molar-refractivity contribution in [3.63, 3.8) is 0 Å².